The number of nitrogens with one attached hydrogen (secondary N) is 1. The van der Waals surface area contributed by atoms with Gasteiger partial charge in [-0.25, -0.2) is 9.78 Å². The number of fused-ring (bicyclic) bond motifs is 3. The van der Waals surface area contributed by atoms with E-state index < -0.39 is 5.97 Å². The van der Waals surface area contributed by atoms with Crippen LogP contribution in [-0.4, -0.2) is 16.1 Å². The van der Waals surface area contributed by atoms with Gasteiger partial charge in [0.15, 0.2) is 0 Å². The van der Waals surface area contributed by atoms with E-state index in [1.807, 2.05) is 84.9 Å². The van der Waals surface area contributed by atoms with E-state index in [0.29, 0.717) is 5.69 Å². The second-order valence-electron chi connectivity index (χ2n) is 7.88. The van der Waals surface area contributed by atoms with Gasteiger partial charge in [-0.1, -0.05) is 84.9 Å². The third kappa shape index (κ3) is 4.43. The average Bonchev–Trinajstić information content (AvgIpc) is 2.88. The minimum absolute atomic E-state index is 0.264. The zero-order chi connectivity index (χ0) is 23.3. The van der Waals surface area contributed by atoms with Crippen molar-refractivity contribution < 1.29 is 9.90 Å². The monoisotopic (exact) mass is 442 g/mol. The maximum absolute atomic E-state index is 11.2. The van der Waals surface area contributed by atoms with Crippen molar-refractivity contribution in [2.75, 3.05) is 5.32 Å². The molecule has 0 aliphatic carbocycles. The van der Waals surface area contributed by atoms with Crippen LogP contribution in [0.2, 0.25) is 0 Å². The fourth-order valence-corrected chi connectivity index (χ4v) is 3.98. The average molecular weight is 443 g/mol. The smallest absolute Gasteiger partial charge is 0.337 e. The van der Waals surface area contributed by atoms with Crippen molar-refractivity contribution in [3.8, 4) is 0 Å². The Bertz CT molecular complexity index is 1510. The summed E-state index contributed by atoms with van der Waals surface area (Å²) in [5.41, 5.74) is 3.88. The lowest BCUT2D eigenvalue weighted by Crippen LogP contribution is -2.02. The highest BCUT2D eigenvalue weighted by molar-refractivity contribution is 5.99. The van der Waals surface area contributed by atoms with E-state index >= 15 is 0 Å². The molecular weight excluding hydrogens is 420 g/mol. The molecule has 6 rings (SSSR count). The van der Waals surface area contributed by atoms with Gasteiger partial charge in [-0.3, -0.25) is 0 Å². The fourth-order valence-electron chi connectivity index (χ4n) is 3.98. The van der Waals surface area contributed by atoms with Gasteiger partial charge in [0.25, 0.3) is 0 Å². The predicted molar refractivity (Wildman–Crippen MR) is 140 cm³/mol. The first-order valence-electron chi connectivity index (χ1n) is 11.0. The number of rotatable bonds is 3. The van der Waals surface area contributed by atoms with Crippen LogP contribution in [-0.2, 0) is 0 Å². The van der Waals surface area contributed by atoms with Crippen molar-refractivity contribution in [1.29, 1.82) is 0 Å². The standard InChI is InChI=1S/C17H13NO2.C13H9N/c19-17(20)14-9-3-4-10-16(14)18-15-11-5-7-12-6-1-2-8-13(12)15;1-3-7-12-10(5-1)9-11-6-2-4-8-13(11)14-12/h1-11,18H,(H,19,20);1-9H. The second kappa shape index (κ2) is 9.43. The molecule has 34 heavy (non-hydrogen) atoms. The number of anilines is 2. The Labute approximate surface area is 197 Å². The minimum atomic E-state index is -0.937. The summed E-state index contributed by atoms with van der Waals surface area (Å²) in [6.45, 7) is 0. The molecule has 0 saturated carbocycles. The molecule has 0 fully saturated rings. The maximum atomic E-state index is 11.2. The minimum Gasteiger partial charge on any atom is -0.478 e. The normalized spacial score (nSPS) is 10.6. The van der Waals surface area contributed by atoms with Crippen LogP contribution in [0.25, 0.3) is 32.6 Å². The van der Waals surface area contributed by atoms with Crippen LogP contribution < -0.4 is 5.32 Å². The molecule has 0 aliphatic rings. The highest BCUT2D eigenvalue weighted by Crippen LogP contribution is 2.28. The molecule has 0 aliphatic heterocycles. The summed E-state index contributed by atoms with van der Waals surface area (Å²) in [7, 11) is 0. The van der Waals surface area contributed by atoms with Gasteiger partial charge in [0, 0.05) is 21.8 Å². The lowest BCUT2D eigenvalue weighted by molar-refractivity contribution is 0.0698. The van der Waals surface area contributed by atoms with E-state index in [1.165, 1.54) is 10.8 Å². The first-order chi connectivity index (χ1) is 16.7. The summed E-state index contributed by atoms with van der Waals surface area (Å²) in [6.07, 6.45) is 0. The first-order valence-corrected chi connectivity index (χ1v) is 11.0. The second-order valence-corrected chi connectivity index (χ2v) is 7.88. The molecule has 5 aromatic carbocycles. The van der Waals surface area contributed by atoms with Crippen LogP contribution in [0.5, 0.6) is 0 Å². The Balaban J connectivity index is 0.000000150. The van der Waals surface area contributed by atoms with E-state index in [9.17, 15) is 9.90 Å². The van der Waals surface area contributed by atoms with E-state index in [2.05, 4.69) is 28.5 Å². The van der Waals surface area contributed by atoms with Gasteiger partial charge >= 0.3 is 5.97 Å². The van der Waals surface area contributed by atoms with E-state index in [4.69, 9.17) is 0 Å². The summed E-state index contributed by atoms with van der Waals surface area (Å²) in [5.74, 6) is -0.937. The molecule has 4 nitrogen and oxygen atoms in total. The van der Waals surface area contributed by atoms with Crippen molar-refractivity contribution in [3.05, 3.63) is 127 Å². The SMILES string of the molecule is O=C(O)c1ccccc1Nc1cccc2ccccc12.c1ccc2nc3ccccc3cc2c1. The Morgan fingerprint density at radius 3 is 1.82 bits per heavy atom. The maximum Gasteiger partial charge on any atom is 0.337 e. The highest BCUT2D eigenvalue weighted by Gasteiger charge is 2.10. The molecule has 1 aromatic heterocycles. The van der Waals surface area contributed by atoms with Crippen LogP contribution in [0.4, 0.5) is 11.4 Å². The number of benzene rings is 5. The molecule has 6 aromatic rings. The number of carboxylic acid groups (broad SMARTS) is 1. The molecular formula is C30H22N2O2. The third-order valence-corrected chi connectivity index (χ3v) is 5.64. The lowest BCUT2D eigenvalue weighted by atomic mass is 10.1. The van der Waals surface area contributed by atoms with Crippen LogP contribution in [0, 0.1) is 0 Å². The van der Waals surface area contributed by atoms with Gasteiger partial charge in [-0.15, -0.1) is 0 Å². The Morgan fingerprint density at radius 1 is 0.588 bits per heavy atom. The summed E-state index contributed by atoms with van der Waals surface area (Å²) < 4.78 is 0. The van der Waals surface area contributed by atoms with E-state index in [-0.39, 0.29) is 5.56 Å². The van der Waals surface area contributed by atoms with Crippen molar-refractivity contribution >= 4 is 49.9 Å². The van der Waals surface area contributed by atoms with Crippen molar-refractivity contribution in [1.82, 2.24) is 4.98 Å². The number of hydrogen-bond donors (Lipinski definition) is 2. The third-order valence-electron chi connectivity index (χ3n) is 5.64. The number of aromatic nitrogens is 1. The Hall–Kier alpha value is -4.70. The van der Waals surface area contributed by atoms with Gasteiger partial charge in [0.05, 0.1) is 22.3 Å². The molecule has 0 spiro atoms. The Kier molecular flexibility index (Phi) is 5.87. The number of aromatic carboxylic acids is 1. The van der Waals surface area contributed by atoms with Gasteiger partial charge in [0.2, 0.25) is 0 Å². The lowest BCUT2D eigenvalue weighted by Gasteiger charge is -2.11. The molecule has 1 heterocycles. The molecule has 164 valence electrons. The largest absolute Gasteiger partial charge is 0.478 e. The Morgan fingerprint density at radius 2 is 1.12 bits per heavy atom. The van der Waals surface area contributed by atoms with Crippen molar-refractivity contribution in [2.24, 2.45) is 0 Å². The highest BCUT2D eigenvalue weighted by atomic mass is 16.4. The number of pyridine rings is 1. The van der Waals surface area contributed by atoms with Crippen molar-refractivity contribution in [2.45, 2.75) is 0 Å². The van der Waals surface area contributed by atoms with E-state index in [0.717, 1.165) is 27.5 Å². The quantitative estimate of drug-likeness (QED) is 0.276. The summed E-state index contributed by atoms with van der Waals surface area (Å²) in [5, 5.41) is 17.0. The molecule has 0 unspecified atom stereocenters. The van der Waals surface area contributed by atoms with E-state index in [1.54, 1.807) is 18.2 Å². The molecule has 0 saturated heterocycles. The first kappa shape index (κ1) is 21.2. The van der Waals surface area contributed by atoms with Crippen LogP contribution >= 0.6 is 0 Å². The topological polar surface area (TPSA) is 62.2 Å². The molecule has 4 heteroatoms. The molecule has 2 N–H and O–H groups in total. The number of carboxylic acids is 1. The van der Waals surface area contributed by atoms with Gasteiger partial charge in [-0.05, 0) is 41.8 Å². The van der Waals surface area contributed by atoms with Crippen molar-refractivity contribution in [3.63, 3.8) is 0 Å². The van der Waals surface area contributed by atoms with Gasteiger partial charge in [-0.2, -0.15) is 0 Å². The van der Waals surface area contributed by atoms with Crippen LogP contribution in [0.3, 0.4) is 0 Å². The number of hydrogen-bond acceptors (Lipinski definition) is 3. The molecule has 0 atom stereocenters. The summed E-state index contributed by atoms with van der Waals surface area (Å²) in [4.78, 5) is 15.8. The van der Waals surface area contributed by atoms with Gasteiger partial charge < -0.3 is 10.4 Å². The number of nitrogens with zero attached hydrogens (tertiary/aromatic N) is 1. The zero-order valence-corrected chi connectivity index (χ0v) is 18.3. The fraction of sp³-hybridized carbons (Fsp3) is 0. The number of carbonyl (C=O) groups is 1. The molecule has 0 radical (unpaired) electrons. The predicted octanol–water partition coefficient (Wildman–Crippen LogP) is 7.67. The van der Waals surface area contributed by atoms with Gasteiger partial charge in [0.1, 0.15) is 0 Å². The molecule has 0 amide bonds. The van der Waals surface area contributed by atoms with Crippen LogP contribution in [0.1, 0.15) is 10.4 Å². The number of para-hydroxylation sites is 3. The zero-order valence-electron chi connectivity index (χ0n) is 18.3. The summed E-state index contributed by atoms with van der Waals surface area (Å²) >= 11 is 0. The van der Waals surface area contributed by atoms with Crippen LogP contribution in [0.15, 0.2) is 121 Å². The summed E-state index contributed by atoms with van der Waals surface area (Å²) in [6, 6.07) is 39.4. The molecule has 0 bridgehead atoms.